The summed E-state index contributed by atoms with van der Waals surface area (Å²) in [5, 5.41) is 0. The van der Waals surface area contributed by atoms with E-state index in [0.29, 0.717) is 19.6 Å². The Bertz CT molecular complexity index is 800. The predicted octanol–water partition coefficient (Wildman–Crippen LogP) is 4.32. The van der Waals surface area contributed by atoms with E-state index in [0.717, 1.165) is 49.3 Å². The Balaban J connectivity index is 1.42. The molecule has 1 amide bonds. The number of fused-ring (bicyclic) bond motifs is 1. The molecule has 1 saturated heterocycles. The zero-order valence-electron chi connectivity index (χ0n) is 15.9. The molecule has 2 heterocycles. The van der Waals surface area contributed by atoms with E-state index in [9.17, 15) is 4.79 Å². The van der Waals surface area contributed by atoms with Crippen LogP contribution >= 0.6 is 0 Å². The van der Waals surface area contributed by atoms with Crippen molar-refractivity contribution < 1.29 is 14.3 Å². The Morgan fingerprint density at radius 1 is 1.04 bits per heavy atom. The number of rotatable bonds is 5. The number of amides is 1. The van der Waals surface area contributed by atoms with Crippen LogP contribution in [0.5, 0.6) is 11.5 Å². The Hall–Kier alpha value is -2.49. The predicted molar refractivity (Wildman–Crippen MR) is 105 cm³/mol. The Kier molecular flexibility index (Phi) is 5.33. The lowest BCUT2D eigenvalue weighted by Crippen LogP contribution is -2.30. The molecule has 2 aliphatic rings. The van der Waals surface area contributed by atoms with Crippen molar-refractivity contribution in [3.8, 4) is 11.5 Å². The first kappa shape index (κ1) is 17.9. The molecule has 1 fully saturated rings. The zero-order valence-corrected chi connectivity index (χ0v) is 15.9. The van der Waals surface area contributed by atoms with E-state index < -0.39 is 0 Å². The first-order valence-electron chi connectivity index (χ1n) is 10.0. The number of hydrogen-bond acceptors (Lipinski definition) is 3. The third-order valence-electron chi connectivity index (χ3n) is 5.58. The number of ether oxygens (including phenoxy) is 2. The summed E-state index contributed by atoms with van der Waals surface area (Å²) in [6.45, 7) is 4.18. The van der Waals surface area contributed by atoms with Gasteiger partial charge in [0.15, 0.2) is 11.5 Å². The maximum atomic E-state index is 12.9. The lowest BCUT2D eigenvalue weighted by Gasteiger charge is -2.27. The second-order valence-electron chi connectivity index (χ2n) is 7.32. The van der Waals surface area contributed by atoms with Gasteiger partial charge in [0, 0.05) is 13.0 Å². The molecule has 2 aliphatic heterocycles. The van der Waals surface area contributed by atoms with Gasteiger partial charge in [-0.2, -0.15) is 0 Å². The SMILES string of the molecule is CCc1ccc(CCC(=O)N2CCCC2c2ccc3c(c2)OCCO3)cc1. The summed E-state index contributed by atoms with van der Waals surface area (Å²) in [6, 6.07) is 14.9. The minimum atomic E-state index is 0.149. The molecule has 0 N–H and O–H groups in total. The molecule has 27 heavy (non-hydrogen) atoms. The number of carbonyl (C=O) groups is 1. The molecule has 1 atom stereocenters. The second kappa shape index (κ2) is 8.03. The molecule has 2 aromatic rings. The lowest BCUT2D eigenvalue weighted by molar-refractivity contribution is -0.132. The van der Waals surface area contributed by atoms with Crippen LogP contribution in [-0.4, -0.2) is 30.6 Å². The zero-order chi connectivity index (χ0) is 18.6. The van der Waals surface area contributed by atoms with E-state index in [1.165, 1.54) is 11.1 Å². The number of nitrogens with zero attached hydrogens (tertiary/aromatic N) is 1. The van der Waals surface area contributed by atoms with Crippen molar-refractivity contribution in [3.05, 3.63) is 59.2 Å². The van der Waals surface area contributed by atoms with Gasteiger partial charge in [-0.05, 0) is 54.5 Å². The fraction of sp³-hybridized carbons (Fsp3) is 0.435. The van der Waals surface area contributed by atoms with Crippen LogP contribution in [0.15, 0.2) is 42.5 Å². The van der Waals surface area contributed by atoms with E-state index >= 15 is 0 Å². The van der Waals surface area contributed by atoms with Crippen LogP contribution < -0.4 is 9.47 Å². The van der Waals surface area contributed by atoms with Gasteiger partial charge in [0.2, 0.25) is 5.91 Å². The smallest absolute Gasteiger partial charge is 0.223 e. The normalized spacial score (nSPS) is 18.6. The summed E-state index contributed by atoms with van der Waals surface area (Å²) in [7, 11) is 0. The van der Waals surface area contributed by atoms with Crippen molar-refractivity contribution in [1.82, 2.24) is 4.90 Å². The van der Waals surface area contributed by atoms with Gasteiger partial charge in [-0.3, -0.25) is 4.79 Å². The molecule has 4 nitrogen and oxygen atoms in total. The Morgan fingerprint density at radius 3 is 2.56 bits per heavy atom. The largest absolute Gasteiger partial charge is 0.486 e. The van der Waals surface area contributed by atoms with Crippen molar-refractivity contribution in [2.24, 2.45) is 0 Å². The summed E-state index contributed by atoms with van der Waals surface area (Å²) in [4.78, 5) is 14.9. The Morgan fingerprint density at radius 2 is 1.78 bits per heavy atom. The van der Waals surface area contributed by atoms with Crippen LogP contribution in [0.4, 0.5) is 0 Å². The van der Waals surface area contributed by atoms with E-state index in [1.54, 1.807) is 0 Å². The molecule has 0 aliphatic carbocycles. The molecular formula is C23H27NO3. The highest BCUT2D eigenvalue weighted by atomic mass is 16.6. The fourth-order valence-electron chi connectivity index (χ4n) is 4.02. The number of aryl methyl sites for hydroxylation is 2. The molecule has 0 aromatic heterocycles. The molecule has 2 aromatic carbocycles. The highest BCUT2D eigenvalue weighted by Crippen LogP contribution is 2.38. The van der Waals surface area contributed by atoms with E-state index in [4.69, 9.17) is 9.47 Å². The van der Waals surface area contributed by atoms with Gasteiger partial charge in [-0.15, -0.1) is 0 Å². The standard InChI is InChI=1S/C23H27NO3/c1-2-17-5-7-18(8-6-17)9-12-23(25)24-13-3-4-20(24)19-10-11-21-22(16-19)27-15-14-26-21/h5-8,10-11,16,20H,2-4,9,12-15H2,1H3. The maximum Gasteiger partial charge on any atom is 0.223 e. The molecule has 0 spiro atoms. The molecular weight excluding hydrogens is 338 g/mol. The monoisotopic (exact) mass is 365 g/mol. The van der Waals surface area contributed by atoms with Crippen molar-refractivity contribution in [2.45, 2.75) is 45.1 Å². The molecule has 4 heteroatoms. The van der Waals surface area contributed by atoms with E-state index in [2.05, 4.69) is 37.3 Å². The van der Waals surface area contributed by atoms with Gasteiger partial charge in [0.25, 0.3) is 0 Å². The Labute approximate surface area is 161 Å². The topological polar surface area (TPSA) is 38.8 Å². The van der Waals surface area contributed by atoms with Crippen LogP contribution in [0.3, 0.4) is 0 Å². The number of carbonyl (C=O) groups excluding carboxylic acids is 1. The molecule has 142 valence electrons. The molecule has 4 rings (SSSR count). The molecule has 0 saturated carbocycles. The third kappa shape index (κ3) is 3.95. The van der Waals surface area contributed by atoms with Gasteiger partial charge < -0.3 is 14.4 Å². The highest BCUT2D eigenvalue weighted by Gasteiger charge is 2.30. The summed E-state index contributed by atoms with van der Waals surface area (Å²) in [5.74, 6) is 1.84. The number of hydrogen-bond donors (Lipinski definition) is 0. The lowest BCUT2D eigenvalue weighted by atomic mass is 10.0. The van der Waals surface area contributed by atoms with Crippen molar-refractivity contribution in [1.29, 1.82) is 0 Å². The molecule has 0 radical (unpaired) electrons. The fourth-order valence-corrected chi connectivity index (χ4v) is 4.02. The first-order valence-corrected chi connectivity index (χ1v) is 10.0. The number of benzene rings is 2. The van der Waals surface area contributed by atoms with Gasteiger partial charge in [-0.25, -0.2) is 0 Å². The van der Waals surface area contributed by atoms with Crippen molar-refractivity contribution in [3.63, 3.8) is 0 Å². The summed E-state index contributed by atoms with van der Waals surface area (Å²) in [6.07, 6.45) is 4.47. The summed E-state index contributed by atoms with van der Waals surface area (Å²) >= 11 is 0. The maximum absolute atomic E-state index is 12.9. The van der Waals surface area contributed by atoms with E-state index in [-0.39, 0.29) is 11.9 Å². The summed E-state index contributed by atoms with van der Waals surface area (Å²) in [5.41, 5.74) is 3.72. The van der Waals surface area contributed by atoms with E-state index in [1.807, 2.05) is 17.0 Å². The van der Waals surface area contributed by atoms with Crippen molar-refractivity contribution in [2.75, 3.05) is 19.8 Å². The quantitative estimate of drug-likeness (QED) is 0.792. The van der Waals surface area contributed by atoms with Gasteiger partial charge in [0.1, 0.15) is 13.2 Å². The highest BCUT2D eigenvalue weighted by molar-refractivity contribution is 5.77. The summed E-state index contributed by atoms with van der Waals surface area (Å²) < 4.78 is 11.3. The van der Waals surface area contributed by atoms with Crippen LogP contribution in [0.25, 0.3) is 0 Å². The average Bonchev–Trinajstić information content (AvgIpc) is 3.22. The van der Waals surface area contributed by atoms with Crippen LogP contribution in [0.2, 0.25) is 0 Å². The van der Waals surface area contributed by atoms with Gasteiger partial charge in [-0.1, -0.05) is 37.3 Å². The second-order valence-corrected chi connectivity index (χ2v) is 7.32. The number of likely N-dealkylation sites (tertiary alicyclic amines) is 1. The van der Waals surface area contributed by atoms with Gasteiger partial charge >= 0.3 is 0 Å². The molecule has 1 unspecified atom stereocenters. The van der Waals surface area contributed by atoms with Crippen LogP contribution in [-0.2, 0) is 17.6 Å². The molecule has 0 bridgehead atoms. The average molecular weight is 365 g/mol. The third-order valence-corrected chi connectivity index (χ3v) is 5.58. The van der Waals surface area contributed by atoms with Crippen molar-refractivity contribution >= 4 is 5.91 Å². The van der Waals surface area contributed by atoms with Gasteiger partial charge in [0.05, 0.1) is 6.04 Å². The first-order chi connectivity index (χ1) is 13.2. The van der Waals surface area contributed by atoms with Crippen LogP contribution in [0.1, 0.15) is 48.9 Å². The van der Waals surface area contributed by atoms with Crippen LogP contribution in [0, 0.1) is 0 Å². The minimum Gasteiger partial charge on any atom is -0.486 e. The minimum absolute atomic E-state index is 0.149.